The number of aromatic carboxylic acids is 1. The van der Waals surface area contributed by atoms with Gasteiger partial charge in [-0.15, -0.1) is 11.8 Å². The van der Waals surface area contributed by atoms with Crippen LogP contribution in [0.15, 0.2) is 18.2 Å². The highest BCUT2D eigenvalue weighted by Crippen LogP contribution is 2.33. The number of fused-ring (bicyclic) bond motifs is 1. The van der Waals surface area contributed by atoms with Crippen molar-refractivity contribution in [3.8, 4) is 0 Å². The van der Waals surface area contributed by atoms with Crippen molar-refractivity contribution in [1.82, 2.24) is 0 Å². The number of carboxylic acid groups (broad SMARTS) is 1. The molecule has 0 aromatic heterocycles. The molecule has 1 aromatic rings. The van der Waals surface area contributed by atoms with Crippen molar-refractivity contribution in [1.29, 1.82) is 0 Å². The molecule has 2 aliphatic heterocycles. The van der Waals surface area contributed by atoms with Crippen LogP contribution < -0.4 is 4.90 Å². The average Bonchev–Trinajstić information content (AvgIpc) is 2.99. The van der Waals surface area contributed by atoms with Gasteiger partial charge in [-0.1, -0.05) is 0 Å². The summed E-state index contributed by atoms with van der Waals surface area (Å²) in [5, 5.41) is 9.13. The molecule has 2 heterocycles. The van der Waals surface area contributed by atoms with Crippen molar-refractivity contribution in [3.05, 3.63) is 29.3 Å². The summed E-state index contributed by atoms with van der Waals surface area (Å²) in [7, 11) is 0. The number of hydrogen-bond acceptors (Lipinski definition) is 3. The van der Waals surface area contributed by atoms with Crippen LogP contribution in [0.3, 0.4) is 0 Å². The van der Waals surface area contributed by atoms with Crippen molar-refractivity contribution >= 4 is 29.3 Å². The van der Waals surface area contributed by atoms with Gasteiger partial charge in [-0.3, -0.25) is 4.79 Å². The Bertz CT molecular complexity index is 552. The molecule has 3 rings (SSSR count). The molecule has 0 spiro atoms. The number of benzene rings is 1. The molecule has 1 amide bonds. The van der Waals surface area contributed by atoms with Crippen LogP contribution in [0.1, 0.15) is 35.2 Å². The molecule has 1 saturated heterocycles. The first-order valence-corrected chi connectivity index (χ1v) is 8.01. The number of anilines is 1. The van der Waals surface area contributed by atoms with Crippen molar-refractivity contribution in [2.24, 2.45) is 0 Å². The fourth-order valence-electron chi connectivity index (χ4n) is 2.91. The van der Waals surface area contributed by atoms with E-state index in [1.807, 2.05) is 4.90 Å². The third-order valence-electron chi connectivity index (χ3n) is 3.92. The zero-order valence-corrected chi connectivity index (χ0v) is 12.0. The Labute approximate surface area is 122 Å². The maximum absolute atomic E-state index is 12.6. The van der Waals surface area contributed by atoms with Crippen molar-refractivity contribution < 1.29 is 14.7 Å². The lowest BCUT2D eigenvalue weighted by atomic mass is 9.98. The number of amides is 1. The van der Waals surface area contributed by atoms with E-state index in [0.29, 0.717) is 5.56 Å². The summed E-state index contributed by atoms with van der Waals surface area (Å²) in [6, 6.07) is 5.09. The normalized spacial score (nSPS) is 21.6. The molecule has 1 atom stereocenters. The lowest BCUT2D eigenvalue weighted by Crippen LogP contribution is -2.40. The van der Waals surface area contributed by atoms with Crippen molar-refractivity contribution in [2.75, 3.05) is 17.2 Å². The Balaban J connectivity index is 1.89. The summed E-state index contributed by atoms with van der Waals surface area (Å²) < 4.78 is 0. The molecule has 4 nitrogen and oxygen atoms in total. The second kappa shape index (κ2) is 5.48. The molecule has 1 N–H and O–H groups in total. The third-order valence-corrected chi connectivity index (χ3v) is 5.28. The predicted molar refractivity (Wildman–Crippen MR) is 79.6 cm³/mol. The molecule has 5 heteroatoms. The van der Waals surface area contributed by atoms with Gasteiger partial charge in [-0.05, 0) is 55.2 Å². The van der Waals surface area contributed by atoms with Gasteiger partial charge in [0.25, 0.3) is 0 Å². The number of nitrogens with zero attached hydrogens (tertiary/aromatic N) is 1. The van der Waals surface area contributed by atoms with E-state index in [4.69, 9.17) is 5.11 Å². The molecule has 1 fully saturated rings. The maximum atomic E-state index is 12.6. The lowest BCUT2D eigenvalue weighted by molar-refractivity contribution is -0.118. The van der Waals surface area contributed by atoms with Gasteiger partial charge < -0.3 is 10.0 Å². The molecular formula is C15H17NO3S. The Kier molecular flexibility index (Phi) is 3.70. The number of aryl methyl sites for hydroxylation is 1. The fourth-order valence-corrected chi connectivity index (χ4v) is 4.13. The average molecular weight is 291 g/mol. The molecule has 0 radical (unpaired) electrons. The zero-order valence-electron chi connectivity index (χ0n) is 11.2. The van der Waals surface area contributed by atoms with Crippen LogP contribution in [-0.2, 0) is 11.2 Å². The number of hydrogen-bond donors (Lipinski definition) is 1. The van der Waals surface area contributed by atoms with Crippen LogP contribution in [0.25, 0.3) is 0 Å². The summed E-state index contributed by atoms with van der Waals surface area (Å²) in [5.41, 5.74) is 2.18. The van der Waals surface area contributed by atoms with E-state index in [0.717, 1.165) is 49.2 Å². The SMILES string of the molecule is O=C(O)c1ccc2c(c1)CCCN2C(=O)C1CCCS1. The number of carbonyl (C=O) groups is 2. The summed E-state index contributed by atoms with van der Waals surface area (Å²) >= 11 is 1.74. The van der Waals surface area contributed by atoms with Crippen LogP contribution in [-0.4, -0.2) is 34.5 Å². The van der Waals surface area contributed by atoms with E-state index in [1.54, 1.807) is 30.0 Å². The highest BCUT2D eigenvalue weighted by molar-refractivity contribution is 8.00. The van der Waals surface area contributed by atoms with E-state index in [1.165, 1.54) is 0 Å². The quantitative estimate of drug-likeness (QED) is 0.910. The molecule has 1 unspecified atom stereocenters. The highest BCUT2D eigenvalue weighted by atomic mass is 32.2. The van der Waals surface area contributed by atoms with Gasteiger partial charge in [-0.2, -0.15) is 0 Å². The van der Waals surface area contributed by atoms with E-state index < -0.39 is 5.97 Å². The third kappa shape index (κ3) is 2.42. The minimum atomic E-state index is -0.914. The molecule has 106 valence electrons. The number of carbonyl (C=O) groups excluding carboxylic acids is 1. The van der Waals surface area contributed by atoms with Crippen LogP contribution in [0.4, 0.5) is 5.69 Å². The summed E-state index contributed by atoms with van der Waals surface area (Å²) in [4.78, 5) is 25.5. The van der Waals surface area contributed by atoms with Crippen LogP contribution in [0, 0.1) is 0 Å². The minimum Gasteiger partial charge on any atom is -0.478 e. The van der Waals surface area contributed by atoms with E-state index in [2.05, 4.69) is 0 Å². The second-order valence-corrected chi connectivity index (χ2v) is 6.55. The summed E-state index contributed by atoms with van der Waals surface area (Å²) in [5.74, 6) is 0.342. The lowest BCUT2D eigenvalue weighted by Gasteiger charge is -2.31. The van der Waals surface area contributed by atoms with Gasteiger partial charge in [0.2, 0.25) is 5.91 Å². The first-order chi connectivity index (χ1) is 9.66. The maximum Gasteiger partial charge on any atom is 0.335 e. The first-order valence-electron chi connectivity index (χ1n) is 6.96. The fraction of sp³-hybridized carbons (Fsp3) is 0.467. The van der Waals surface area contributed by atoms with E-state index in [-0.39, 0.29) is 11.2 Å². The van der Waals surface area contributed by atoms with Crippen LogP contribution >= 0.6 is 11.8 Å². The van der Waals surface area contributed by atoms with Gasteiger partial charge in [-0.25, -0.2) is 4.79 Å². The van der Waals surface area contributed by atoms with Crippen LogP contribution in [0.5, 0.6) is 0 Å². The van der Waals surface area contributed by atoms with E-state index in [9.17, 15) is 9.59 Å². The Morgan fingerprint density at radius 2 is 2.15 bits per heavy atom. The Morgan fingerprint density at radius 3 is 2.85 bits per heavy atom. The molecule has 0 aliphatic carbocycles. The van der Waals surface area contributed by atoms with E-state index >= 15 is 0 Å². The molecule has 2 aliphatic rings. The van der Waals surface area contributed by atoms with Gasteiger partial charge in [0, 0.05) is 12.2 Å². The number of carboxylic acids is 1. The summed E-state index contributed by atoms with van der Waals surface area (Å²) in [6.07, 6.45) is 3.82. The van der Waals surface area contributed by atoms with Crippen LogP contribution in [0.2, 0.25) is 0 Å². The molecule has 20 heavy (non-hydrogen) atoms. The molecule has 0 saturated carbocycles. The van der Waals surface area contributed by atoms with Gasteiger partial charge >= 0.3 is 5.97 Å². The first kappa shape index (κ1) is 13.5. The minimum absolute atomic E-state index is 0.0834. The number of thioether (sulfide) groups is 1. The molecule has 1 aromatic carbocycles. The second-order valence-electron chi connectivity index (χ2n) is 5.24. The Hall–Kier alpha value is -1.49. The predicted octanol–water partition coefficient (Wildman–Crippen LogP) is 2.56. The molecular weight excluding hydrogens is 274 g/mol. The van der Waals surface area contributed by atoms with Crippen molar-refractivity contribution in [3.63, 3.8) is 0 Å². The standard InChI is InChI=1S/C15H17NO3S/c17-14(13-4-2-8-20-13)16-7-1-3-10-9-11(15(18)19)5-6-12(10)16/h5-6,9,13H,1-4,7-8H2,(H,18,19). The monoisotopic (exact) mass is 291 g/mol. The van der Waals surface area contributed by atoms with Gasteiger partial charge in [0.05, 0.1) is 10.8 Å². The van der Waals surface area contributed by atoms with Gasteiger partial charge in [0.15, 0.2) is 0 Å². The highest BCUT2D eigenvalue weighted by Gasteiger charge is 2.31. The Morgan fingerprint density at radius 1 is 1.30 bits per heavy atom. The topological polar surface area (TPSA) is 57.6 Å². The zero-order chi connectivity index (χ0) is 14.1. The smallest absolute Gasteiger partial charge is 0.335 e. The number of rotatable bonds is 2. The molecule has 0 bridgehead atoms. The summed E-state index contributed by atoms with van der Waals surface area (Å²) in [6.45, 7) is 0.745. The van der Waals surface area contributed by atoms with Crippen molar-refractivity contribution in [2.45, 2.75) is 30.9 Å². The largest absolute Gasteiger partial charge is 0.478 e. The van der Waals surface area contributed by atoms with Gasteiger partial charge in [0.1, 0.15) is 0 Å².